The summed E-state index contributed by atoms with van der Waals surface area (Å²) in [6, 6.07) is 12.8. The zero-order valence-corrected chi connectivity index (χ0v) is 17.9. The highest BCUT2D eigenvalue weighted by Gasteiger charge is 2.32. The molecule has 0 aliphatic carbocycles. The molecule has 29 heavy (non-hydrogen) atoms. The highest BCUT2D eigenvalue weighted by Crippen LogP contribution is 2.41. The fraction of sp³-hybridized carbons (Fsp3) is 0.391. The van der Waals surface area contributed by atoms with E-state index in [4.69, 9.17) is 9.47 Å². The summed E-state index contributed by atoms with van der Waals surface area (Å²) in [5.74, 6) is 7.06. The fourth-order valence-electron chi connectivity index (χ4n) is 3.27. The first kappa shape index (κ1) is 21.2. The standard InChI is InChI=1S/C23H27NO4S/c1-4-8-18-11-13-20(14-12-18)29(25,26)24-15-5-6-16-27-21-10-7-9-19-17-23(2,3)28-22(19)21/h7,9-14,24H,4,8,15-17H2,1-3H3. The molecular formula is C23H27NO4S. The number of ether oxygens (including phenoxy) is 2. The van der Waals surface area contributed by atoms with E-state index in [1.807, 2.05) is 44.2 Å². The number of nitrogens with one attached hydrogen (secondary N) is 1. The molecule has 1 aliphatic rings. The van der Waals surface area contributed by atoms with Gasteiger partial charge in [-0.1, -0.05) is 49.5 Å². The van der Waals surface area contributed by atoms with E-state index in [2.05, 4.69) is 23.5 Å². The second-order valence-electron chi connectivity index (χ2n) is 7.64. The molecule has 0 fully saturated rings. The molecule has 0 atom stereocenters. The SMILES string of the molecule is CCCc1ccc(S(=O)(=O)NCC#CCOc2cccc3c2OC(C)(C)C3)cc1. The van der Waals surface area contributed by atoms with Gasteiger partial charge in [0.2, 0.25) is 10.0 Å². The molecule has 1 N–H and O–H groups in total. The quantitative estimate of drug-likeness (QED) is 0.703. The van der Waals surface area contributed by atoms with Gasteiger partial charge < -0.3 is 9.47 Å². The number of para-hydroxylation sites is 1. The van der Waals surface area contributed by atoms with Gasteiger partial charge in [-0.05, 0) is 44.0 Å². The van der Waals surface area contributed by atoms with E-state index in [1.165, 1.54) is 0 Å². The second-order valence-corrected chi connectivity index (χ2v) is 9.41. The summed E-state index contributed by atoms with van der Waals surface area (Å²) in [5, 5.41) is 0. The van der Waals surface area contributed by atoms with Crippen LogP contribution in [-0.2, 0) is 22.9 Å². The van der Waals surface area contributed by atoms with Crippen molar-refractivity contribution in [1.82, 2.24) is 4.72 Å². The minimum absolute atomic E-state index is 0.0266. The van der Waals surface area contributed by atoms with Crippen molar-refractivity contribution in [1.29, 1.82) is 0 Å². The van der Waals surface area contributed by atoms with Crippen molar-refractivity contribution >= 4 is 10.0 Å². The molecule has 1 heterocycles. The van der Waals surface area contributed by atoms with Crippen molar-refractivity contribution in [2.24, 2.45) is 0 Å². The normalized spacial score (nSPS) is 14.4. The zero-order chi connectivity index (χ0) is 20.9. The predicted molar refractivity (Wildman–Crippen MR) is 114 cm³/mol. The molecule has 0 saturated carbocycles. The Labute approximate surface area is 173 Å². The van der Waals surface area contributed by atoms with Gasteiger partial charge in [0.1, 0.15) is 12.2 Å². The molecule has 6 heteroatoms. The summed E-state index contributed by atoms with van der Waals surface area (Å²) in [6.07, 6.45) is 2.80. The molecule has 2 aromatic carbocycles. The summed E-state index contributed by atoms with van der Waals surface area (Å²) >= 11 is 0. The number of hydrogen-bond donors (Lipinski definition) is 1. The Bertz CT molecular complexity index is 1020. The Kier molecular flexibility index (Phi) is 6.51. The van der Waals surface area contributed by atoms with Gasteiger partial charge in [-0.25, -0.2) is 8.42 Å². The maximum Gasteiger partial charge on any atom is 0.241 e. The third kappa shape index (κ3) is 5.53. The van der Waals surface area contributed by atoms with Crippen LogP contribution >= 0.6 is 0 Å². The zero-order valence-electron chi connectivity index (χ0n) is 17.1. The molecule has 0 aromatic heterocycles. The summed E-state index contributed by atoms with van der Waals surface area (Å²) in [7, 11) is -3.57. The van der Waals surface area contributed by atoms with Crippen LogP contribution in [0, 0.1) is 11.8 Å². The molecule has 5 nitrogen and oxygen atoms in total. The topological polar surface area (TPSA) is 64.6 Å². The van der Waals surface area contributed by atoms with E-state index in [9.17, 15) is 8.42 Å². The van der Waals surface area contributed by atoms with Crippen LogP contribution in [-0.4, -0.2) is 27.2 Å². The number of fused-ring (bicyclic) bond motifs is 1. The Morgan fingerprint density at radius 1 is 1.14 bits per heavy atom. The Morgan fingerprint density at radius 3 is 2.62 bits per heavy atom. The summed E-state index contributed by atoms with van der Waals surface area (Å²) in [6.45, 7) is 6.36. The molecule has 3 rings (SSSR count). The number of aryl methyl sites for hydroxylation is 1. The van der Waals surface area contributed by atoms with Gasteiger partial charge >= 0.3 is 0 Å². The Morgan fingerprint density at radius 2 is 1.90 bits per heavy atom. The van der Waals surface area contributed by atoms with E-state index in [0.29, 0.717) is 5.75 Å². The molecule has 154 valence electrons. The molecule has 0 saturated heterocycles. The number of benzene rings is 2. The molecule has 0 unspecified atom stereocenters. The van der Waals surface area contributed by atoms with Crippen molar-refractivity contribution in [3.05, 3.63) is 53.6 Å². The minimum atomic E-state index is -3.57. The van der Waals surface area contributed by atoms with Crippen molar-refractivity contribution in [2.75, 3.05) is 13.2 Å². The molecule has 0 bridgehead atoms. The maximum atomic E-state index is 12.3. The molecule has 0 amide bonds. The van der Waals surface area contributed by atoms with Crippen LogP contribution in [0.4, 0.5) is 0 Å². The number of sulfonamides is 1. The third-order valence-corrected chi connectivity index (χ3v) is 6.02. The van der Waals surface area contributed by atoms with Gasteiger partial charge in [-0.3, -0.25) is 0 Å². The monoisotopic (exact) mass is 413 g/mol. The Hall–Kier alpha value is -2.49. The molecule has 2 aromatic rings. The van der Waals surface area contributed by atoms with E-state index < -0.39 is 10.0 Å². The lowest BCUT2D eigenvalue weighted by molar-refractivity contribution is 0.133. The van der Waals surface area contributed by atoms with Crippen LogP contribution in [0.15, 0.2) is 47.4 Å². The van der Waals surface area contributed by atoms with Gasteiger partial charge in [0, 0.05) is 12.0 Å². The first-order valence-corrected chi connectivity index (χ1v) is 11.3. The number of rotatable bonds is 7. The van der Waals surface area contributed by atoms with Crippen molar-refractivity contribution in [3.8, 4) is 23.3 Å². The summed E-state index contributed by atoms with van der Waals surface area (Å²) < 4.78 is 38.8. The van der Waals surface area contributed by atoms with Gasteiger partial charge in [0.05, 0.1) is 11.4 Å². The van der Waals surface area contributed by atoms with Crippen molar-refractivity contribution in [2.45, 2.75) is 50.5 Å². The summed E-state index contributed by atoms with van der Waals surface area (Å²) in [5.41, 5.74) is 2.02. The van der Waals surface area contributed by atoms with Crippen LogP contribution in [0.5, 0.6) is 11.5 Å². The third-order valence-electron chi connectivity index (χ3n) is 4.60. The average Bonchev–Trinajstić information content (AvgIpc) is 3.00. The lowest BCUT2D eigenvalue weighted by Crippen LogP contribution is -2.24. The van der Waals surface area contributed by atoms with Gasteiger partial charge in [0.15, 0.2) is 11.5 Å². The van der Waals surface area contributed by atoms with Crippen LogP contribution < -0.4 is 14.2 Å². The average molecular weight is 414 g/mol. The second kappa shape index (κ2) is 8.89. The predicted octanol–water partition coefficient (Wildman–Crippen LogP) is 3.71. The van der Waals surface area contributed by atoms with E-state index in [1.54, 1.807) is 12.1 Å². The summed E-state index contributed by atoms with van der Waals surface area (Å²) in [4.78, 5) is 0.245. The first-order valence-electron chi connectivity index (χ1n) is 9.79. The minimum Gasteiger partial charge on any atom is -0.483 e. The van der Waals surface area contributed by atoms with Gasteiger partial charge in [-0.2, -0.15) is 4.72 Å². The van der Waals surface area contributed by atoms with Crippen molar-refractivity contribution in [3.63, 3.8) is 0 Å². The molecule has 0 radical (unpaired) electrons. The van der Waals surface area contributed by atoms with E-state index in [-0.39, 0.29) is 23.6 Å². The molecule has 0 spiro atoms. The van der Waals surface area contributed by atoms with Crippen LogP contribution in [0.2, 0.25) is 0 Å². The largest absolute Gasteiger partial charge is 0.483 e. The Balaban J connectivity index is 1.51. The lowest BCUT2D eigenvalue weighted by atomic mass is 10.0. The van der Waals surface area contributed by atoms with Gasteiger partial charge in [0.25, 0.3) is 0 Å². The van der Waals surface area contributed by atoms with Crippen molar-refractivity contribution < 1.29 is 17.9 Å². The lowest BCUT2D eigenvalue weighted by Gasteiger charge is -2.17. The maximum absolute atomic E-state index is 12.3. The highest BCUT2D eigenvalue weighted by atomic mass is 32.2. The molecular weight excluding hydrogens is 386 g/mol. The number of hydrogen-bond acceptors (Lipinski definition) is 4. The highest BCUT2D eigenvalue weighted by molar-refractivity contribution is 7.89. The first-order chi connectivity index (χ1) is 13.8. The van der Waals surface area contributed by atoms with Crippen LogP contribution in [0.1, 0.15) is 38.3 Å². The van der Waals surface area contributed by atoms with Crippen LogP contribution in [0.25, 0.3) is 0 Å². The fourth-order valence-corrected chi connectivity index (χ4v) is 4.19. The van der Waals surface area contributed by atoms with Gasteiger partial charge in [-0.15, -0.1) is 0 Å². The molecule has 1 aliphatic heterocycles. The van der Waals surface area contributed by atoms with Crippen LogP contribution in [0.3, 0.4) is 0 Å². The van der Waals surface area contributed by atoms with E-state index in [0.717, 1.165) is 36.1 Å². The van der Waals surface area contributed by atoms with E-state index >= 15 is 0 Å². The smallest absolute Gasteiger partial charge is 0.241 e.